The van der Waals surface area contributed by atoms with Gasteiger partial charge in [0, 0.05) is 6.42 Å². The van der Waals surface area contributed by atoms with Crippen LogP contribution in [-0.2, 0) is 6.42 Å². The van der Waals surface area contributed by atoms with Crippen LogP contribution in [0.5, 0.6) is 0 Å². The predicted molar refractivity (Wildman–Crippen MR) is 50.9 cm³/mol. The van der Waals surface area contributed by atoms with Crippen molar-refractivity contribution < 1.29 is 9.50 Å². The fourth-order valence-electron chi connectivity index (χ4n) is 1.06. The molecule has 0 aromatic heterocycles. The van der Waals surface area contributed by atoms with Crippen molar-refractivity contribution >= 4 is 0 Å². The van der Waals surface area contributed by atoms with Crippen molar-refractivity contribution in [2.45, 2.75) is 19.4 Å². The van der Waals surface area contributed by atoms with E-state index in [-0.39, 0.29) is 5.82 Å². The molecule has 0 aliphatic heterocycles. The van der Waals surface area contributed by atoms with E-state index in [1.807, 2.05) is 0 Å². The van der Waals surface area contributed by atoms with Gasteiger partial charge in [-0.25, -0.2) is 4.39 Å². The van der Waals surface area contributed by atoms with Crippen molar-refractivity contribution in [3.05, 3.63) is 47.8 Å². The molecule has 0 saturated heterocycles. The van der Waals surface area contributed by atoms with Crippen LogP contribution in [0.2, 0.25) is 0 Å². The Kier molecular flexibility index (Phi) is 3.20. The maximum absolute atomic E-state index is 12.7. The highest BCUT2D eigenvalue weighted by Crippen LogP contribution is 2.09. The van der Waals surface area contributed by atoms with Gasteiger partial charge in [0.2, 0.25) is 0 Å². The molecule has 0 fully saturated rings. The lowest BCUT2D eigenvalue weighted by molar-refractivity contribution is 0.212. The largest absolute Gasteiger partial charge is 0.388 e. The fourth-order valence-corrected chi connectivity index (χ4v) is 1.06. The Labute approximate surface area is 77.5 Å². The van der Waals surface area contributed by atoms with E-state index in [2.05, 4.69) is 6.58 Å². The zero-order valence-electron chi connectivity index (χ0n) is 7.63. The number of hydrogen-bond donors (Lipinski definition) is 1. The second kappa shape index (κ2) is 4.19. The van der Waals surface area contributed by atoms with Gasteiger partial charge in [-0.05, 0) is 24.6 Å². The number of rotatable bonds is 3. The quantitative estimate of drug-likeness (QED) is 0.708. The molecule has 70 valence electrons. The van der Waals surface area contributed by atoms with Crippen molar-refractivity contribution in [2.75, 3.05) is 0 Å². The lowest BCUT2D eigenvalue weighted by Gasteiger charge is -2.09. The molecule has 0 heterocycles. The van der Waals surface area contributed by atoms with Crippen molar-refractivity contribution in [1.29, 1.82) is 0 Å². The summed E-state index contributed by atoms with van der Waals surface area (Å²) in [5, 5.41) is 9.45. The van der Waals surface area contributed by atoms with Crippen molar-refractivity contribution in [1.82, 2.24) is 0 Å². The lowest BCUT2D eigenvalue weighted by atomic mass is 10.0. The summed E-state index contributed by atoms with van der Waals surface area (Å²) in [6, 6.07) is 6.23. The maximum Gasteiger partial charge on any atom is 0.123 e. The van der Waals surface area contributed by atoms with Gasteiger partial charge in [-0.1, -0.05) is 24.3 Å². The molecule has 2 heteroatoms. The van der Waals surface area contributed by atoms with E-state index in [9.17, 15) is 9.50 Å². The zero-order chi connectivity index (χ0) is 9.84. The van der Waals surface area contributed by atoms with Crippen LogP contribution >= 0.6 is 0 Å². The van der Waals surface area contributed by atoms with E-state index in [0.717, 1.165) is 5.56 Å². The van der Waals surface area contributed by atoms with Crippen LogP contribution in [0.1, 0.15) is 12.5 Å². The summed E-state index contributed by atoms with van der Waals surface area (Å²) in [7, 11) is 0. The predicted octanol–water partition coefficient (Wildman–Crippen LogP) is 2.31. The summed E-state index contributed by atoms with van der Waals surface area (Å²) in [6.07, 6.45) is -0.158. The van der Waals surface area contributed by atoms with E-state index in [0.29, 0.717) is 12.0 Å². The molecule has 0 aliphatic carbocycles. The Bertz CT molecular complexity index is 307. The number of aliphatic hydroxyl groups excluding tert-OH is 1. The molecule has 0 bridgehead atoms. The Morgan fingerprint density at radius 3 is 2.85 bits per heavy atom. The maximum atomic E-state index is 12.7. The fraction of sp³-hybridized carbons (Fsp3) is 0.273. The summed E-state index contributed by atoms with van der Waals surface area (Å²) in [5.74, 6) is -0.272. The minimum atomic E-state index is -0.582. The second-order valence-electron chi connectivity index (χ2n) is 3.20. The van der Waals surface area contributed by atoms with E-state index in [1.54, 1.807) is 19.1 Å². The Hall–Kier alpha value is -1.15. The monoisotopic (exact) mass is 180 g/mol. The van der Waals surface area contributed by atoms with E-state index in [4.69, 9.17) is 0 Å². The van der Waals surface area contributed by atoms with Crippen molar-refractivity contribution in [3.8, 4) is 0 Å². The third-order valence-electron chi connectivity index (χ3n) is 1.89. The van der Waals surface area contributed by atoms with Gasteiger partial charge < -0.3 is 5.11 Å². The van der Waals surface area contributed by atoms with Gasteiger partial charge in [-0.15, -0.1) is 0 Å². The van der Waals surface area contributed by atoms with Crippen LogP contribution in [0, 0.1) is 5.82 Å². The Morgan fingerprint density at radius 1 is 1.62 bits per heavy atom. The van der Waals surface area contributed by atoms with Gasteiger partial charge >= 0.3 is 0 Å². The van der Waals surface area contributed by atoms with Gasteiger partial charge in [-0.2, -0.15) is 0 Å². The highest BCUT2D eigenvalue weighted by molar-refractivity contribution is 5.19. The first-order chi connectivity index (χ1) is 6.09. The van der Waals surface area contributed by atoms with Crippen LogP contribution in [0.25, 0.3) is 0 Å². The molecule has 1 rings (SSSR count). The molecule has 1 nitrogen and oxygen atoms in total. The third kappa shape index (κ3) is 2.99. The number of aliphatic hydroxyl groups is 1. The SMILES string of the molecule is C=C(C)C(O)Cc1cccc(F)c1. The van der Waals surface area contributed by atoms with E-state index in [1.165, 1.54) is 12.1 Å². The molecule has 0 spiro atoms. The van der Waals surface area contributed by atoms with Gasteiger partial charge in [0.1, 0.15) is 5.82 Å². The molecule has 0 radical (unpaired) electrons. The van der Waals surface area contributed by atoms with Crippen molar-refractivity contribution in [2.24, 2.45) is 0 Å². The Morgan fingerprint density at radius 2 is 2.31 bits per heavy atom. The molecular weight excluding hydrogens is 167 g/mol. The first-order valence-electron chi connectivity index (χ1n) is 4.17. The van der Waals surface area contributed by atoms with Crippen LogP contribution < -0.4 is 0 Å². The third-order valence-corrected chi connectivity index (χ3v) is 1.89. The smallest absolute Gasteiger partial charge is 0.123 e. The molecule has 0 amide bonds. The van der Waals surface area contributed by atoms with Gasteiger partial charge in [0.15, 0.2) is 0 Å². The molecule has 1 unspecified atom stereocenters. The number of benzene rings is 1. The van der Waals surface area contributed by atoms with Crippen LogP contribution in [0.4, 0.5) is 4.39 Å². The molecule has 0 aliphatic rings. The van der Waals surface area contributed by atoms with E-state index < -0.39 is 6.10 Å². The standard InChI is InChI=1S/C11H13FO/c1-8(2)11(13)7-9-4-3-5-10(12)6-9/h3-6,11,13H,1,7H2,2H3. The first kappa shape index (κ1) is 9.93. The normalized spacial score (nSPS) is 12.5. The minimum Gasteiger partial charge on any atom is -0.388 e. The van der Waals surface area contributed by atoms with Gasteiger partial charge in [0.25, 0.3) is 0 Å². The second-order valence-corrected chi connectivity index (χ2v) is 3.20. The van der Waals surface area contributed by atoms with Crippen LogP contribution in [0.15, 0.2) is 36.4 Å². The molecule has 1 aromatic rings. The van der Waals surface area contributed by atoms with Gasteiger partial charge in [-0.3, -0.25) is 0 Å². The minimum absolute atomic E-state index is 0.272. The summed E-state index contributed by atoms with van der Waals surface area (Å²) >= 11 is 0. The Balaban J connectivity index is 2.69. The number of halogens is 1. The lowest BCUT2D eigenvalue weighted by Crippen LogP contribution is -2.10. The highest BCUT2D eigenvalue weighted by atomic mass is 19.1. The molecule has 13 heavy (non-hydrogen) atoms. The summed E-state index contributed by atoms with van der Waals surface area (Å²) in [4.78, 5) is 0. The topological polar surface area (TPSA) is 20.2 Å². The first-order valence-corrected chi connectivity index (χ1v) is 4.17. The highest BCUT2D eigenvalue weighted by Gasteiger charge is 2.05. The van der Waals surface area contributed by atoms with Crippen molar-refractivity contribution in [3.63, 3.8) is 0 Å². The zero-order valence-corrected chi connectivity index (χ0v) is 7.63. The average Bonchev–Trinajstić information content (AvgIpc) is 2.04. The summed E-state index contributed by atoms with van der Waals surface area (Å²) in [6.45, 7) is 5.38. The van der Waals surface area contributed by atoms with E-state index >= 15 is 0 Å². The number of hydrogen-bond acceptors (Lipinski definition) is 1. The van der Waals surface area contributed by atoms with Gasteiger partial charge in [0.05, 0.1) is 6.10 Å². The summed E-state index contributed by atoms with van der Waals surface area (Å²) in [5.41, 5.74) is 1.49. The molecule has 0 saturated carbocycles. The molecule has 1 aromatic carbocycles. The van der Waals surface area contributed by atoms with Crippen LogP contribution in [0.3, 0.4) is 0 Å². The molecule has 1 N–H and O–H groups in total. The molecule has 1 atom stereocenters. The van der Waals surface area contributed by atoms with Crippen LogP contribution in [-0.4, -0.2) is 11.2 Å². The summed E-state index contributed by atoms with van der Waals surface area (Å²) < 4.78 is 12.7. The molecular formula is C11H13FO. The average molecular weight is 180 g/mol.